The van der Waals surface area contributed by atoms with Crippen molar-refractivity contribution in [2.24, 2.45) is 0 Å². The Morgan fingerprint density at radius 3 is 2.59 bits per heavy atom. The zero-order valence-electron chi connectivity index (χ0n) is 10.1. The van der Waals surface area contributed by atoms with Crippen molar-refractivity contribution in [2.75, 3.05) is 5.32 Å². The molecule has 0 saturated heterocycles. The lowest BCUT2D eigenvalue weighted by Gasteiger charge is -2.10. The van der Waals surface area contributed by atoms with Gasteiger partial charge in [0.05, 0.1) is 0 Å². The molecular weight excluding hydrogens is 274 g/mol. The smallest absolute Gasteiger partial charge is 0.0490 e. The third-order valence-corrected chi connectivity index (χ3v) is 3.81. The molecule has 0 radical (unpaired) electrons. The number of anilines is 1. The number of hydrogen-bond acceptors (Lipinski definition) is 1. The highest BCUT2D eigenvalue weighted by atomic mass is 79.9. The van der Waals surface area contributed by atoms with Crippen LogP contribution in [0, 0.1) is 13.8 Å². The largest absolute Gasteiger partial charge is 0.380 e. The molecule has 2 heteroatoms. The van der Waals surface area contributed by atoms with Crippen LogP contribution in [0.5, 0.6) is 0 Å². The van der Waals surface area contributed by atoms with Crippen molar-refractivity contribution in [3.63, 3.8) is 0 Å². The van der Waals surface area contributed by atoms with Crippen LogP contribution in [0.2, 0.25) is 0 Å². The summed E-state index contributed by atoms with van der Waals surface area (Å²) in [6.45, 7) is 5.07. The van der Waals surface area contributed by atoms with Crippen molar-refractivity contribution in [1.29, 1.82) is 0 Å². The lowest BCUT2D eigenvalue weighted by Crippen LogP contribution is -2.00. The molecule has 0 bridgehead atoms. The predicted octanol–water partition coefficient (Wildman–Crippen LogP) is 4.68. The summed E-state index contributed by atoms with van der Waals surface area (Å²) in [5, 5.41) is 3.45. The van der Waals surface area contributed by atoms with Gasteiger partial charge in [-0.2, -0.15) is 0 Å². The van der Waals surface area contributed by atoms with Gasteiger partial charge in [-0.25, -0.2) is 0 Å². The van der Waals surface area contributed by atoms with E-state index in [2.05, 4.69) is 77.6 Å². The van der Waals surface area contributed by atoms with Crippen molar-refractivity contribution >= 4 is 21.6 Å². The number of hydrogen-bond donors (Lipinski definition) is 1. The minimum absolute atomic E-state index is 0.851. The second-order valence-electron chi connectivity index (χ2n) is 4.28. The second kappa shape index (κ2) is 5.37. The van der Waals surface area contributed by atoms with Crippen molar-refractivity contribution in [2.45, 2.75) is 20.4 Å². The van der Waals surface area contributed by atoms with Crippen molar-refractivity contribution in [3.05, 3.63) is 63.6 Å². The summed E-state index contributed by atoms with van der Waals surface area (Å²) in [6, 6.07) is 14.8. The maximum absolute atomic E-state index is 3.61. The first-order valence-electron chi connectivity index (χ1n) is 5.71. The third kappa shape index (κ3) is 3.10. The summed E-state index contributed by atoms with van der Waals surface area (Å²) in [5.74, 6) is 0. The van der Waals surface area contributed by atoms with E-state index in [0.717, 1.165) is 16.7 Å². The Balaban J connectivity index is 2.10. The fraction of sp³-hybridized carbons (Fsp3) is 0.200. The maximum atomic E-state index is 3.61. The van der Waals surface area contributed by atoms with Gasteiger partial charge in [-0.15, -0.1) is 0 Å². The van der Waals surface area contributed by atoms with Crippen molar-refractivity contribution in [3.8, 4) is 0 Å². The molecule has 88 valence electrons. The minimum atomic E-state index is 0.851. The lowest BCUT2D eigenvalue weighted by molar-refractivity contribution is 1.13. The average molecular weight is 290 g/mol. The number of nitrogens with one attached hydrogen (secondary N) is 1. The van der Waals surface area contributed by atoms with Crippen LogP contribution in [0.15, 0.2) is 46.9 Å². The predicted molar refractivity (Wildman–Crippen MR) is 77.4 cm³/mol. The quantitative estimate of drug-likeness (QED) is 0.865. The molecule has 0 aromatic heterocycles. The summed E-state index contributed by atoms with van der Waals surface area (Å²) < 4.78 is 1.15. The van der Waals surface area contributed by atoms with E-state index in [4.69, 9.17) is 0 Å². The minimum Gasteiger partial charge on any atom is -0.380 e. The molecule has 17 heavy (non-hydrogen) atoms. The van der Waals surface area contributed by atoms with E-state index in [-0.39, 0.29) is 0 Å². The summed E-state index contributed by atoms with van der Waals surface area (Å²) in [5.41, 5.74) is 5.00. The molecule has 0 aliphatic heterocycles. The Bertz CT molecular complexity index is 520. The van der Waals surface area contributed by atoms with Gasteiger partial charge in [-0.1, -0.05) is 42.0 Å². The van der Waals surface area contributed by atoms with Gasteiger partial charge in [0.15, 0.2) is 0 Å². The van der Waals surface area contributed by atoms with E-state index in [1.54, 1.807) is 0 Å². The first kappa shape index (κ1) is 12.2. The fourth-order valence-electron chi connectivity index (χ4n) is 1.80. The van der Waals surface area contributed by atoms with Gasteiger partial charge in [0.1, 0.15) is 0 Å². The zero-order chi connectivity index (χ0) is 12.3. The van der Waals surface area contributed by atoms with Gasteiger partial charge < -0.3 is 5.32 Å². The molecule has 0 atom stereocenters. The Kier molecular flexibility index (Phi) is 3.85. The van der Waals surface area contributed by atoms with E-state index in [1.165, 1.54) is 16.7 Å². The van der Waals surface area contributed by atoms with Gasteiger partial charge in [0, 0.05) is 16.7 Å². The van der Waals surface area contributed by atoms with Gasteiger partial charge in [0.2, 0.25) is 0 Å². The monoisotopic (exact) mass is 289 g/mol. The number of halogens is 1. The Labute approximate surface area is 111 Å². The zero-order valence-corrected chi connectivity index (χ0v) is 11.7. The Hall–Kier alpha value is -1.28. The lowest BCUT2D eigenvalue weighted by atomic mass is 10.1. The molecule has 0 aliphatic rings. The van der Waals surface area contributed by atoms with Gasteiger partial charge in [0.25, 0.3) is 0 Å². The highest BCUT2D eigenvalue weighted by Gasteiger charge is 2.01. The van der Waals surface area contributed by atoms with Crippen molar-refractivity contribution < 1.29 is 0 Å². The van der Waals surface area contributed by atoms with Crippen LogP contribution in [0.1, 0.15) is 16.7 Å². The molecular formula is C15H16BrN. The SMILES string of the molecule is Cc1cccc(CNc2cccc(C)c2Br)c1. The van der Waals surface area contributed by atoms with Gasteiger partial charge in [-0.05, 0) is 47.0 Å². The normalized spacial score (nSPS) is 10.3. The van der Waals surface area contributed by atoms with Crippen LogP contribution in [-0.4, -0.2) is 0 Å². The van der Waals surface area contributed by atoms with Crippen LogP contribution < -0.4 is 5.32 Å². The molecule has 2 aromatic rings. The topological polar surface area (TPSA) is 12.0 Å². The molecule has 1 nitrogen and oxygen atoms in total. The summed E-state index contributed by atoms with van der Waals surface area (Å²) in [7, 11) is 0. The average Bonchev–Trinajstić information content (AvgIpc) is 2.31. The molecule has 0 spiro atoms. The fourth-order valence-corrected chi connectivity index (χ4v) is 2.21. The van der Waals surface area contributed by atoms with E-state index < -0.39 is 0 Å². The van der Waals surface area contributed by atoms with Crippen LogP contribution in [0.4, 0.5) is 5.69 Å². The molecule has 0 unspecified atom stereocenters. The second-order valence-corrected chi connectivity index (χ2v) is 5.07. The first-order chi connectivity index (χ1) is 8.16. The molecule has 0 fully saturated rings. The van der Waals surface area contributed by atoms with E-state index in [9.17, 15) is 0 Å². The third-order valence-electron chi connectivity index (χ3n) is 2.76. The summed E-state index contributed by atoms with van der Waals surface area (Å²) in [4.78, 5) is 0. The standard InChI is InChI=1S/C15H16BrN/c1-11-5-3-7-13(9-11)10-17-14-8-4-6-12(2)15(14)16/h3-9,17H,10H2,1-2H3. The van der Waals surface area contributed by atoms with Crippen LogP contribution in [0.25, 0.3) is 0 Å². The first-order valence-corrected chi connectivity index (χ1v) is 6.50. The molecule has 2 rings (SSSR count). The van der Waals surface area contributed by atoms with E-state index in [0.29, 0.717) is 0 Å². The number of rotatable bonds is 3. The Morgan fingerprint density at radius 2 is 1.82 bits per heavy atom. The van der Waals surface area contributed by atoms with Crippen molar-refractivity contribution in [1.82, 2.24) is 0 Å². The summed E-state index contributed by atoms with van der Waals surface area (Å²) in [6.07, 6.45) is 0. The number of aryl methyl sites for hydroxylation is 2. The highest BCUT2D eigenvalue weighted by Crippen LogP contribution is 2.26. The van der Waals surface area contributed by atoms with E-state index >= 15 is 0 Å². The molecule has 2 aromatic carbocycles. The van der Waals surface area contributed by atoms with E-state index in [1.807, 2.05) is 0 Å². The molecule has 1 N–H and O–H groups in total. The molecule has 0 heterocycles. The molecule has 0 saturated carbocycles. The highest BCUT2D eigenvalue weighted by molar-refractivity contribution is 9.10. The van der Waals surface area contributed by atoms with Crippen LogP contribution in [0.3, 0.4) is 0 Å². The molecule has 0 amide bonds. The van der Waals surface area contributed by atoms with Crippen LogP contribution in [-0.2, 0) is 6.54 Å². The maximum Gasteiger partial charge on any atom is 0.0490 e. The summed E-state index contributed by atoms with van der Waals surface area (Å²) >= 11 is 3.61. The van der Waals surface area contributed by atoms with Gasteiger partial charge in [-0.3, -0.25) is 0 Å². The Morgan fingerprint density at radius 1 is 1.06 bits per heavy atom. The molecule has 0 aliphatic carbocycles. The number of benzene rings is 2. The van der Waals surface area contributed by atoms with Crippen LogP contribution >= 0.6 is 15.9 Å². The van der Waals surface area contributed by atoms with Gasteiger partial charge >= 0.3 is 0 Å².